The van der Waals surface area contributed by atoms with Crippen LogP contribution < -0.4 is 0 Å². The van der Waals surface area contributed by atoms with Crippen LogP contribution in [0.15, 0.2) is 0 Å². The van der Waals surface area contributed by atoms with Gasteiger partial charge < -0.3 is 9.47 Å². The molecule has 0 aromatic rings. The molecule has 9 heavy (non-hydrogen) atoms. The molecule has 0 aliphatic heterocycles. The van der Waals surface area contributed by atoms with Gasteiger partial charge in [-0.1, -0.05) is 0 Å². The lowest BCUT2D eigenvalue weighted by Crippen LogP contribution is -2.15. The standard InChI is InChI=1S/C7H14O2/c1-4-8-6-7(3)9-5-2/h7H,1-2,4-6H2,3H3. The van der Waals surface area contributed by atoms with Crippen molar-refractivity contribution in [3.63, 3.8) is 0 Å². The van der Waals surface area contributed by atoms with Gasteiger partial charge in [0, 0.05) is 13.2 Å². The summed E-state index contributed by atoms with van der Waals surface area (Å²) in [6, 6.07) is 0. The van der Waals surface area contributed by atoms with Crippen LogP contribution in [0.25, 0.3) is 0 Å². The highest BCUT2D eigenvalue weighted by Gasteiger charge is 1.97. The Morgan fingerprint density at radius 2 is 2.00 bits per heavy atom. The lowest BCUT2D eigenvalue weighted by molar-refractivity contribution is 0.0117. The summed E-state index contributed by atoms with van der Waals surface area (Å²) in [6.45, 7) is 10.6. The summed E-state index contributed by atoms with van der Waals surface area (Å²) >= 11 is 0. The Bertz CT molecular complexity index is 54.9. The summed E-state index contributed by atoms with van der Waals surface area (Å²) in [7, 11) is 0. The van der Waals surface area contributed by atoms with E-state index in [4.69, 9.17) is 9.47 Å². The fraction of sp³-hybridized carbons (Fsp3) is 0.714. The second-order valence-electron chi connectivity index (χ2n) is 1.76. The third-order valence-corrected chi connectivity index (χ3v) is 0.899. The number of rotatable bonds is 5. The molecule has 0 spiro atoms. The Hall–Kier alpha value is -0.0800. The molecule has 0 heterocycles. The minimum atomic E-state index is 0.143. The normalized spacial score (nSPS) is 13.7. The lowest BCUT2D eigenvalue weighted by atomic mass is 10.4. The van der Waals surface area contributed by atoms with E-state index < -0.39 is 0 Å². The van der Waals surface area contributed by atoms with Crippen LogP contribution >= 0.6 is 0 Å². The molecule has 0 rings (SSSR count). The SMILES string of the molecule is [CH2]COCC(C)OC[CH2]. The van der Waals surface area contributed by atoms with Gasteiger partial charge in [0.25, 0.3) is 0 Å². The number of hydrogen-bond donors (Lipinski definition) is 0. The predicted molar refractivity (Wildman–Crippen MR) is 36.9 cm³/mol. The zero-order valence-corrected chi connectivity index (χ0v) is 5.93. The largest absolute Gasteiger partial charge is 0.379 e. The van der Waals surface area contributed by atoms with Crippen molar-refractivity contribution in [1.29, 1.82) is 0 Å². The average Bonchev–Trinajstić information content (AvgIpc) is 1.85. The molecule has 0 fully saturated rings. The Morgan fingerprint density at radius 1 is 1.33 bits per heavy atom. The first kappa shape index (κ1) is 8.92. The van der Waals surface area contributed by atoms with E-state index >= 15 is 0 Å². The van der Waals surface area contributed by atoms with E-state index in [0.717, 1.165) is 0 Å². The van der Waals surface area contributed by atoms with Crippen LogP contribution in [0.2, 0.25) is 0 Å². The molecule has 1 unspecified atom stereocenters. The monoisotopic (exact) mass is 130 g/mol. The van der Waals surface area contributed by atoms with Gasteiger partial charge in [-0.3, -0.25) is 0 Å². The van der Waals surface area contributed by atoms with Gasteiger partial charge in [0.1, 0.15) is 0 Å². The van der Waals surface area contributed by atoms with Crippen LogP contribution in [0.3, 0.4) is 0 Å². The molecule has 1 atom stereocenters. The second kappa shape index (κ2) is 6.05. The quantitative estimate of drug-likeness (QED) is 0.554. The lowest BCUT2D eigenvalue weighted by Gasteiger charge is -2.09. The first-order chi connectivity index (χ1) is 4.31. The van der Waals surface area contributed by atoms with E-state index in [9.17, 15) is 0 Å². The van der Waals surface area contributed by atoms with Gasteiger partial charge in [-0.05, 0) is 20.8 Å². The van der Waals surface area contributed by atoms with E-state index in [1.165, 1.54) is 0 Å². The van der Waals surface area contributed by atoms with Crippen molar-refractivity contribution in [1.82, 2.24) is 0 Å². The second-order valence-corrected chi connectivity index (χ2v) is 1.76. The molecular formula is C7H14O2. The highest BCUT2D eigenvalue weighted by atomic mass is 16.5. The molecule has 2 heteroatoms. The molecule has 0 saturated carbocycles. The highest BCUT2D eigenvalue weighted by molar-refractivity contribution is 4.47. The van der Waals surface area contributed by atoms with Crippen molar-refractivity contribution in [2.75, 3.05) is 19.8 Å². The summed E-state index contributed by atoms with van der Waals surface area (Å²) in [4.78, 5) is 0. The first-order valence-corrected chi connectivity index (χ1v) is 3.09. The van der Waals surface area contributed by atoms with Crippen molar-refractivity contribution in [2.45, 2.75) is 13.0 Å². The third-order valence-electron chi connectivity index (χ3n) is 0.899. The summed E-state index contributed by atoms with van der Waals surface area (Å²) in [5.41, 5.74) is 0. The van der Waals surface area contributed by atoms with Gasteiger partial charge in [0.15, 0.2) is 0 Å². The first-order valence-electron chi connectivity index (χ1n) is 3.09. The highest BCUT2D eigenvalue weighted by Crippen LogP contribution is 1.89. The molecule has 0 aliphatic carbocycles. The van der Waals surface area contributed by atoms with Crippen molar-refractivity contribution in [3.8, 4) is 0 Å². The van der Waals surface area contributed by atoms with Gasteiger partial charge in [0.2, 0.25) is 0 Å². The van der Waals surface area contributed by atoms with Crippen molar-refractivity contribution in [3.05, 3.63) is 13.8 Å². The zero-order chi connectivity index (χ0) is 7.11. The summed E-state index contributed by atoms with van der Waals surface area (Å²) in [5.74, 6) is 0. The molecule has 2 radical (unpaired) electrons. The van der Waals surface area contributed by atoms with Crippen LogP contribution in [0.1, 0.15) is 6.92 Å². The molecule has 0 N–H and O–H groups in total. The summed E-state index contributed by atoms with van der Waals surface area (Å²) < 4.78 is 10.1. The summed E-state index contributed by atoms with van der Waals surface area (Å²) in [5, 5.41) is 0. The molecule has 54 valence electrons. The van der Waals surface area contributed by atoms with E-state index in [-0.39, 0.29) is 6.10 Å². The maximum absolute atomic E-state index is 5.08. The van der Waals surface area contributed by atoms with Gasteiger partial charge in [-0.15, -0.1) is 0 Å². The fourth-order valence-electron chi connectivity index (χ4n) is 0.499. The van der Waals surface area contributed by atoms with Crippen LogP contribution in [0.4, 0.5) is 0 Å². The molecule has 0 aromatic carbocycles. The van der Waals surface area contributed by atoms with Crippen LogP contribution in [-0.4, -0.2) is 25.9 Å². The van der Waals surface area contributed by atoms with Crippen LogP contribution in [0.5, 0.6) is 0 Å². The van der Waals surface area contributed by atoms with E-state index in [2.05, 4.69) is 13.8 Å². The molecular weight excluding hydrogens is 116 g/mol. The predicted octanol–water partition coefficient (Wildman–Crippen LogP) is 1.08. The van der Waals surface area contributed by atoms with E-state index in [0.29, 0.717) is 19.8 Å². The molecule has 0 saturated heterocycles. The van der Waals surface area contributed by atoms with Gasteiger partial charge in [0.05, 0.1) is 12.7 Å². The maximum atomic E-state index is 5.08. The van der Waals surface area contributed by atoms with Gasteiger partial charge in [-0.25, -0.2) is 0 Å². The minimum Gasteiger partial charge on any atom is -0.379 e. The van der Waals surface area contributed by atoms with E-state index in [1.807, 2.05) is 6.92 Å². The minimum absolute atomic E-state index is 0.143. The Kier molecular flexibility index (Phi) is 5.99. The van der Waals surface area contributed by atoms with Crippen LogP contribution in [0, 0.1) is 13.8 Å². The van der Waals surface area contributed by atoms with Crippen molar-refractivity contribution < 1.29 is 9.47 Å². The number of ether oxygens (including phenoxy) is 2. The number of hydrogen-bond acceptors (Lipinski definition) is 2. The molecule has 0 aliphatic rings. The molecule has 0 amide bonds. The molecule has 0 bridgehead atoms. The Morgan fingerprint density at radius 3 is 2.44 bits per heavy atom. The van der Waals surface area contributed by atoms with Crippen molar-refractivity contribution in [2.24, 2.45) is 0 Å². The van der Waals surface area contributed by atoms with Crippen molar-refractivity contribution >= 4 is 0 Å². The topological polar surface area (TPSA) is 18.5 Å². The fourth-order valence-corrected chi connectivity index (χ4v) is 0.499. The van der Waals surface area contributed by atoms with E-state index in [1.54, 1.807) is 0 Å². The summed E-state index contributed by atoms with van der Waals surface area (Å²) in [6.07, 6.45) is 0.143. The van der Waals surface area contributed by atoms with Gasteiger partial charge >= 0.3 is 0 Å². The molecule has 0 aromatic heterocycles. The Balaban J connectivity index is 2.95. The Labute approximate surface area is 57.2 Å². The smallest absolute Gasteiger partial charge is 0.0780 e. The third kappa shape index (κ3) is 5.80. The van der Waals surface area contributed by atoms with Crippen LogP contribution in [-0.2, 0) is 9.47 Å². The maximum Gasteiger partial charge on any atom is 0.0780 e. The average molecular weight is 130 g/mol. The van der Waals surface area contributed by atoms with Gasteiger partial charge in [-0.2, -0.15) is 0 Å². The zero-order valence-electron chi connectivity index (χ0n) is 5.93. The molecule has 2 nitrogen and oxygen atoms in total.